The summed E-state index contributed by atoms with van der Waals surface area (Å²) in [5.41, 5.74) is 0.651. The van der Waals surface area contributed by atoms with E-state index in [-0.39, 0.29) is 28.3 Å². The lowest BCUT2D eigenvalue weighted by Crippen LogP contribution is -1.95. The van der Waals surface area contributed by atoms with Gasteiger partial charge in [-0.3, -0.25) is 10.1 Å². The SMILES string of the molecule is Br.O=[N+]([O-])c1cc(-c2ccn(-c3cccc(O)c3)n2)cc(O)c1O. The van der Waals surface area contributed by atoms with Crippen molar-refractivity contribution in [3.05, 3.63) is 58.8 Å². The average molecular weight is 394 g/mol. The van der Waals surface area contributed by atoms with Gasteiger partial charge in [0.1, 0.15) is 5.75 Å². The van der Waals surface area contributed by atoms with Crippen molar-refractivity contribution in [2.75, 3.05) is 0 Å². The molecule has 0 atom stereocenters. The molecular formula is C15H12BrN3O5. The van der Waals surface area contributed by atoms with E-state index in [9.17, 15) is 25.4 Å². The molecule has 0 saturated carbocycles. The molecule has 8 nitrogen and oxygen atoms in total. The van der Waals surface area contributed by atoms with Crippen LogP contribution in [0.5, 0.6) is 17.2 Å². The highest BCUT2D eigenvalue weighted by atomic mass is 79.9. The van der Waals surface area contributed by atoms with E-state index < -0.39 is 22.1 Å². The number of aromatic hydroxyl groups is 3. The molecule has 0 fully saturated rings. The zero-order valence-electron chi connectivity index (χ0n) is 12.0. The van der Waals surface area contributed by atoms with Crippen molar-refractivity contribution in [2.45, 2.75) is 0 Å². The van der Waals surface area contributed by atoms with Crippen LogP contribution in [0.4, 0.5) is 5.69 Å². The number of nitrogens with zero attached hydrogens (tertiary/aromatic N) is 3. The summed E-state index contributed by atoms with van der Waals surface area (Å²) in [4.78, 5) is 10.1. The minimum atomic E-state index is -0.787. The molecule has 3 aromatic rings. The van der Waals surface area contributed by atoms with E-state index in [0.717, 1.165) is 6.07 Å². The summed E-state index contributed by atoms with van der Waals surface area (Å²) in [5, 5.41) is 43.8. The Morgan fingerprint density at radius 2 is 1.83 bits per heavy atom. The zero-order chi connectivity index (χ0) is 16.6. The Bertz CT molecular complexity index is 910. The first-order valence-electron chi connectivity index (χ1n) is 6.51. The van der Waals surface area contributed by atoms with Crippen LogP contribution >= 0.6 is 17.0 Å². The fraction of sp³-hybridized carbons (Fsp3) is 0. The summed E-state index contributed by atoms with van der Waals surface area (Å²) in [5.74, 6) is -1.30. The number of phenols is 3. The van der Waals surface area contributed by atoms with Crippen LogP contribution in [0.3, 0.4) is 0 Å². The van der Waals surface area contributed by atoms with E-state index in [1.807, 2.05) is 0 Å². The molecule has 3 N–H and O–H groups in total. The number of halogens is 1. The molecule has 0 aliphatic carbocycles. The summed E-state index contributed by atoms with van der Waals surface area (Å²) in [6, 6.07) is 10.3. The first kappa shape index (κ1) is 17.3. The van der Waals surface area contributed by atoms with Crippen molar-refractivity contribution in [1.82, 2.24) is 9.78 Å². The van der Waals surface area contributed by atoms with Gasteiger partial charge in [0.25, 0.3) is 0 Å². The van der Waals surface area contributed by atoms with Crippen LogP contribution in [0.15, 0.2) is 48.7 Å². The molecule has 3 rings (SSSR count). The van der Waals surface area contributed by atoms with Crippen LogP contribution in [0.1, 0.15) is 0 Å². The second-order valence-electron chi connectivity index (χ2n) is 4.79. The molecule has 0 aliphatic rings. The Balaban J connectivity index is 0.00000208. The summed E-state index contributed by atoms with van der Waals surface area (Å²) >= 11 is 0. The van der Waals surface area contributed by atoms with Crippen molar-refractivity contribution in [1.29, 1.82) is 0 Å². The number of hydrogen-bond acceptors (Lipinski definition) is 6. The molecule has 124 valence electrons. The number of rotatable bonds is 3. The molecule has 0 radical (unpaired) electrons. The second-order valence-corrected chi connectivity index (χ2v) is 4.79. The van der Waals surface area contributed by atoms with Crippen LogP contribution in [-0.4, -0.2) is 30.0 Å². The number of aromatic nitrogens is 2. The van der Waals surface area contributed by atoms with Crippen molar-refractivity contribution in [3.63, 3.8) is 0 Å². The molecule has 0 spiro atoms. The van der Waals surface area contributed by atoms with E-state index in [2.05, 4.69) is 5.10 Å². The van der Waals surface area contributed by atoms with Crippen LogP contribution in [0.2, 0.25) is 0 Å². The van der Waals surface area contributed by atoms with E-state index in [0.29, 0.717) is 11.4 Å². The fourth-order valence-electron chi connectivity index (χ4n) is 2.15. The summed E-state index contributed by atoms with van der Waals surface area (Å²) in [6.07, 6.45) is 1.61. The highest BCUT2D eigenvalue weighted by Crippen LogP contribution is 2.39. The predicted octanol–water partition coefficient (Wildman–Crippen LogP) is 3.14. The average Bonchev–Trinajstić information content (AvgIpc) is 2.99. The van der Waals surface area contributed by atoms with Gasteiger partial charge in [0, 0.05) is 23.9 Å². The zero-order valence-corrected chi connectivity index (χ0v) is 13.7. The smallest absolute Gasteiger partial charge is 0.315 e. The maximum absolute atomic E-state index is 10.9. The molecule has 0 amide bonds. The summed E-state index contributed by atoms with van der Waals surface area (Å²) in [6.45, 7) is 0. The fourth-order valence-corrected chi connectivity index (χ4v) is 2.15. The van der Waals surface area contributed by atoms with Gasteiger partial charge in [-0.05, 0) is 24.3 Å². The topological polar surface area (TPSA) is 122 Å². The first-order valence-corrected chi connectivity index (χ1v) is 6.51. The van der Waals surface area contributed by atoms with Gasteiger partial charge in [0.2, 0.25) is 5.75 Å². The Morgan fingerprint density at radius 3 is 2.50 bits per heavy atom. The van der Waals surface area contributed by atoms with Crippen molar-refractivity contribution >= 4 is 22.7 Å². The minimum Gasteiger partial charge on any atom is -0.508 e. The third kappa shape index (κ3) is 3.15. The molecule has 1 aromatic heterocycles. The van der Waals surface area contributed by atoms with Gasteiger partial charge in [-0.2, -0.15) is 5.10 Å². The lowest BCUT2D eigenvalue weighted by Gasteiger charge is -2.03. The maximum atomic E-state index is 10.9. The predicted molar refractivity (Wildman–Crippen MR) is 91.0 cm³/mol. The van der Waals surface area contributed by atoms with E-state index >= 15 is 0 Å². The highest BCUT2D eigenvalue weighted by Gasteiger charge is 2.20. The normalized spacial score (nSPS) is 10.2. The van der Waals surface area contributed by atoms with Crippen LogP contribution in [0, 0.1) is 10.1 Å². The maximum Gasteiger partial charge on any atom is 0.315 e. The van der Waals surface area contributed by atoms with E-state index in [4.69, 9.17) is 0 Å². The third-order valence-electron chi connectivity index (χ3n) is 3.25. The number of hydrogen-bond donors (Lipinski definition) is 3. The number of nitro benzene ring substituents is 1. The molecule has 1 heterocycles. The Hall–Kier alpha value is -3.07. The van der Waals surface area contributed by atoms with Gasteiger partial charge < -0.3 is 15.3 Å². The van der Waals surface area contributed by atoms with Crippen molar-refractivity contribution in [3.8, 4) is 34.2 Å². The van der Waals surface area contributed by atoms with Crippen LogP contribution in [-0.2, 0) is 0 Å². The van der Waals surface area contributed by atoms with Gasteiger partial charge in [0.15, 0.2) is 5.75 Å². The van der Waals surface area contributed by atoms with E-state index in [1.54, 1.807) is 24.4 Å². The third-order valence-corrected chi connectivity index (χ3v) is 3.25. The second kappa shape index (κ2) is 6.59. The van der Waals surface area contributed by atoms with Crippen molar-refractivity contribution < 1.29 is 20.2 Å². The molecular weight excluding hydrogens is 382 g/mol. The Labute approximate surface area is 146 Å². The monoisotopic (exact) mass is 393 g/mol. The molecule has 2 aromatic carbocycles. The van der Waals surface area contributed by atoms with Gasteiger partial charge in [-0.15, -0.1) is 17.0 Å². The lowest BCUT2D eigenvalue weighted by molar-refractivity contribution is -0.385. The van der Waals surface area contributed by atoms with E-state index in [1.165, 1.54) is 22.9 Å². The highest BCUT2D eigenvalue weighted by molar-refractivity contribution is 8.93. The largest absolute Gasteiger partial charge is 0.508 e. The standard InChI is InChI=1S/C15H11N3O5.BrH/c19-11-3-1-2-10(8-11)17-5-4-12(16-17)9-6-13(18(22)23)15(21)14(20)7-9;/h1-8,19-21H;1H. The molecule has 0 saturated heterocycles. The summed E-state index contributed by atoms with van der Waals surface area (Å²) in [7, 11) is 0. The lowest BCUT2D eigenvalue weighted by atomic mass is 10.1. The summed E-state index contributed by atoms with van der Waals surface area (Å²) < 4.78 is 1.48. The van der Waals surface area contributed by atoms with Gasteiger partial charge in [-0.25, -0.2) is 4.68 Å². The minimum absolute atomic E-state index is 0. The Kier molecular flexibility index (Phi) is 4.74. The molecule has 0 unspecified atom stereocenters. The molecule has 9 heteroatoms. The first-order chi connectivity index (χ1) is 11.0. The Morgan fingerprint density at radius 1 is 1.08 bits per heavy atom. The van der Waals surface area contributed by atoms with Crippen LogP contribution < -0.4 is 0 Å². The number of benzene rings is 2. The number of nitro groups is 1. The van der Waals surface area contributed by atoms with Crippen molar-refractivity contribution in [2.24, 2.45) is 0 Å². The van der Waals surface area contributed by atoms with Gasteiger partial charge in [0.05, 0.1) is 16.3 Å². The molecule has 24 heavy (non-hydrogen) atoms. The van der Waals surface area contributed by atoms with Gasteiger partial charge in [-0.1, -0.05) is 6.07 Å². The van der Waals surface area contributed by atoms with Gasteiger partial charge >= 0.3 is 5.69 Å². The quantitative estimate of drug-likeness (QED) is 0.357. The number of phenolic OH excluding ortho intramolecular Hbond substituents is 3. The molecule has 0 aliphatic heterocycles. The van der Waals surface area contributed by atoms with Crippen LogP contribution in [0.25, 0.3) is 16.9 Å². The molecule has 0 bridgehead atoms.